The second-order valence-corrected chi connectivity index (χ2v) is 1.14. The Kier molecular flexibility index (Phi) is 2.56. The molecule has 0 amide bonds. The first-order chi connectivity index (χ1) is 2.81. The van der Waals surface area contributed by atoms with Crippen molar-refractivity contribution in [3.8, 4) is 0 Å². The second-order valence-electron chi connectivity index (χ2n) is 0.729. The second kappa shape index (κ2) is 2.77. The maximum absolute atomic E-state index is 5.27. The van der Waals surface area contributed by atoms with Gasteiger partial charge in [-0.1, -0.05) is 24.8 Å². The molecule has 0 aliphatic heterocycles. The molecule has 0 saturated carbocycles. The summed E-state index contributed by atoms with van der Waals surface area (Å²) in [5.41, 5.74) is 2.43. The molecule has 1 heteroatoms. The summed E-state index contributed by atoms with van der Waals surface area (Å²) in [7, 11) is 0. The summed E-state index contributed by atoms with van der Waals surface area (Å²) >= 11 is 5.27. The first-order valence-corrected chi connectivity index (χ1v) is 1.87. The lowest BCUT2D eigenvalue weighted by molar-refractivity contribution is 1.99. The normalized spacial score (nSPS) is 6.17. The van der Waals surface area contributed by atoms with E-state index >= 15 is 0 Å². The van der Waals surface area contributed by atoms with Crippen molar-refractivity contribution in [1.29, 1.82) is 0 Å². The van der Waals surface area contributed by atoms with Crippen molar-refractivity contribution >= 4 is 11.6 Å². The molecule has 0 atom stereocenters. The van der Waals surface area contributed by atoms with Gasteiger partial charge in [-0.3, -0.25) is 0 Å². The molecule has 0 heterocycles. The van der Waals surface area contributed by atoms with Crippen LogP contribution in [0.15, 0.2) is 30.0 Å². The van der Waals surface area contributed by atoms with E-state index in [0.717, 1.165) is 0 Å². The standard InChI is InChI=1S/C5H5Cl/c1-3-5(6)4-2/h3H,1-2H2. The molecule has 0 unspecified atom stereocenters. The van der Waals surface area contributed by atoms with Crippen LogP contribution in [-0.2, 0) is 0 Å². The van der Waals surface area contributed by atoms with Crippen LogP contribution >= 0.6 is 11.6 Å². The van der Waals surface area contributed by atoms with Gasteiger partial charge >= 0.3 is 0 Å². The van der Waals surface area contributed by atoms with Gasteiger partial charge in [0.25, 0.3) is 0 Å². The highest BCUT2D eigenvalue weighted by molar-refractivity contribution is 6.30. The molecular formula is C5H5Cl. The third kappa shape index (κ3) is 1.83. The Morgan fingerprint density at radius 1 is 1.83 bits per heavy atom. The molecule has 0 N–H and O–H groups in total. The highest BCUT2D eigenvalue weighted by Gasteiger charge is 1.68. The highest BCUT2D eigenvalue weighted by Crippen LogP contribution is 1.95. The monoisotopic (exact) mass is 100 g/mol. The summed E-state index contributed by atoms with van der Waals surface area (Å²) in [6.07, 6.45) is 1.48. The topological polar surface area (TPSA) is 0 Å². The van der Waals surface area contributed by atoms with Gasteiger partial charge in [0, 0.05) is 0 Å². The molecular weight excluding hydrogens is 95.5 g/mol. The maximum Gasteiger partial charge on any atom is 0.0812 e. The quantitative estimate of drug-likeness (QED) is 0.350. The summed E-state index contributed by atoms with van der Waals surface area (Å²) in [6.45, 7) is 6.63. The van der Waals surface area contributed by atoms with Crippen LogP contribution < -0.4 is 0 Å². The van der Waals surface area contributed by atoms with Crippen molar-refractivity contribution in [2.75, 3.05) is 0 Å². The SMILES string of the molecule is C=C=C(Cl)C=C. The Bertz CT molecular complexity index is 96.5. The van der Waals surface area contributed by atoms with Crippen molar-refractivity contribution in [3.63, 3.8) is 0 Å². The molecule has 0 nitrogen and oxygen atoms in total. The van der Waals surface area contributed by atoms with E-state index in [1.165, 1.54) is 6.08 Å². The predicted molar refractivity (Wildman–Crippen MR) is 28.7 cm³/mol. The van der Waals surface area contributed by atoms with Gasteiger partial charge < -0.3 is 0 Å². The van der Waals surface area contributed by atoms with Crippen molar-refractivity contribution in [3.05, 3.63) is 30.0 Å². The zero-order valence-electron chi connectivity index (χ0n) is 3.37. The lowest BCUT2D eigenvalue weighted by Gasteiger charge is -1.68. The molecule has 0 radical (unpaired) electrons. The van der Waals surface area contributed by atoms with Crippen LogP contribution in [0, 0.1) is 0 Å². The number of hydrogen-bond acceptors (Lipinski definition) is 0. The van der Waals surface area contributed by atoms with E-state index in [0.29, 0.717) is 5.03 Å². The molecule has 0 aliphatic carbocycles. The van der Waals surface area contributed by atoms with Crippen molar-refractivity contribution in [2.45, 2.75) is 0 Å². The largest absolute Gasteiger partial charge is 0.108 e. The van der Waals surface area contributed by atoms with Gasteiger partial charge in [-0.05, 0) is 6.08 Å². The molecule has 0 aromatic carbocycles. The van der Waals surface area contributed by atoms with Crippen molar-refractivity contribution < 1.29 is 0 Å². The summed E-state index contributed by atoms with van der Waals surface area (Å²) < 4.78 is 0. The Morgan fingerprint density at radius 3 is 2.33 bits per heavy atom. The molecule has 0 saturated heterocycles. The Morgan fingerprint density at radius 2 is 2.33 bits per heavy atom. The molecule has 0 bridgehead atoms. The maximum atomic E-state index is 5.27. The van der Waals surface area contributed by atoms with Crippen LogP contribution in [-0.4, -0.2) is 0 Å². The van der Waals surface area contributed by atoms with Gasteiger partial charge in [0.1, 0.15) is 0 Å². The van der Waals surface area contributed by atoms with Crippen LogP contribution in [0.1, 0.15) is 0 Å². The average molecular weight is 101 g/mol. The zero-order valence-corrected chi connectivity index (χ0v) is 4.13. The smallest absolute Gasteiger partial charge is 0.0812 e. The first-order valence-electron chi connectivity index (χ1n) is 1.49. The summed E-state index contributed by atoms with van der Waals surface area (Å²) in [5, 5.41) is 0.468. The van der Waals surface area contributed by atoms with Gasteiger partial charge in [0.05, 0.1) is 5.03 Å². The van der Waals surface area contributed by atoms with Crippen LogP contribution in [0.25, 0.3) is 0 Å². The number of allylic oxidation sites excluding steroid dienone is 2. The predicted octanol–water partition coefficient (Wildman–Crippen LogP) is 2.08. The molecule has 0 rings (SSSR count). The Hall–Kier alpha value is -0.450. The van der Waals surface area contributed by atoms with Crippen molar-refractivity contribution in [2.24, 2.45) is 0 Å². The Balaban J connectivity index is 3.86. The van der Waals surface area contributed by atoms with E-state index in [1.54, 1.807) is 0 Å². The van der Waals surface area contributed by atoms with E-state index in [2.05, 4.69) is 18.9 Å². The van der Waals surface area contributed by atoms with E-state index in [-0.39, 0.29) is 0 Å². The molecule has 0 aromatic rings. The molecule has 0 spiro atoms. The van der Waals surface area contributed by atoms with Gasteiger partial charge in [0.15, 0.2) is 0 Å². The fraction of sp³-hybridized carbons (Fsp3) is 0. The minimum absolute atomic E-state index is 0.468. The molecule has 6 heavy (non-hydrogen) atoms. The fourth-order valence-electron chi connectivity index (χ4n) is 0.0722. The zero-order chi connectivity index (χ0) is 4.99. The summed E-state index contributed by atoms with van der Waals surface area (Å²) in [5.74, 6) is 0. The van der Waals surface area contributed by atoms with E-state index in [9.17, 15) is 0 Å². The van der Waals surface area contributed by atoms with Gasteiger partial charge in [-0.15, -0.1) is 5.73 Å². The van der Waals surface area contributed by atoms with Gasteiger partial charge in [-0.2, -0.15) is 0 Å². The lowest BCUT2D eigenvalue weighted by atomic mass is 10.6. The summed E-state index contributed by atoms with van der Waals surface area (Å²) in [6, 6.07) is 0. The number of halogens is 1. The molecule has 32 valence electrons. The number of rotatable bonds is 1. The van der Waals surface area contributed by atoms with Gasteiger partial charge in [0.2, 0.25) is 0 Å². The van der Waals surface area contributed by atoms with Crippen LogP contribution in [0.3, 0.4) is 0 Å². The fourth-order valence-corrected chi connectivity index (χ4v) is 0.0722. The van der Waals surface area contributed by atoms with E-state index in [1.807, 2.05) is 0 Å². The molecule has 0 aromatic heterocycles. The third-order valence-electron chi connectivity index (χ3n) is 0.348. The minimum Gasteiger partial charge on any atom is -0.108 e. The summed E-state index contributed by atoms with van der Waals surface area (Å²) in [4.78, 5) is 0. The molecule has 0 aliphatic rings. The Labute approximate surface area is 42.4 Å². The minimum atomic E-state index is 0.468. The molecule has 0 fully saturated rings. The van der Waals surface area contributed by atoms with Crippen molar-refractivity contribution in [1.82, 2.24) is 0 Å². The van der Waals surface area contributed by atoms with Crippen LogP contribution in [0.4, 0.5) is 0 Å². The highest BCUT2D eigenvalue weighted by atomic mass is 35.5. The van der Waals surface area contributed by atoms with Gasteiger partial charge in [-0.25, -0.2) is 0 Å². The van der Waals surface area contributed by atoms with Crippen LogP contribution in [0.2, 0.25) is 0 Å². The lowest BCUT2D eigenvalue weighted by Crippen LogP contribution is -1.46. The number of hydrogen-bond donors (Lipinski definition) is 0. The first kappa shape index (κ1) is 5.55. The van der Waals surface area contributed by atoms with E-state index in [4.69, 9.17) is 11.6 Å². The third-order valence-corrected chi connectivity index (χ3v) is 0.636. The van der Waals surface area contributed by atoms with E-state index < -0.39 is 0 Å². The average Bonchev–Trinajstić information content (AvgIpc) is 1.65. The van der Waals surface area contributed by atoms with Crippen LogP contribution in [0.5, 0.6) is 0 Å².